The highest BCUT2D eigenvalue weighted by atomic mass is 16.5. The third-order valence-corrected chi connectivity index (χ3v) is 9.44. The lowest BCUT2D eigenvalue weighted by Gasteiger charge is -2.62. The molecule has 3 aromatic rings. The van der Waals surface area contributed by atoms with Gasteiger partial charge in [-0.05, 0) is 49.9 Å². The predicted molar refractivity (Wildman–Crippen MR) is 160 cm³/mol. The molecule has 5 aliphatic rings. The zero-order chi connectivity index (χ0) is 29.1. The highest BCUT2D eigenvalue weighted by molar-refractivity contribution is 5.86. The third-order valence-electron chi connectivity index (χ3n) is 9.44. The topological polar surface area (TPSA) is 128 Å². The van der Waals surface area contributed by atoms with E-state index in [1.165, 1.54) is 18.2 Å². The lowest BCUT2D eigenvalue weighted by molar-refractivity contribution is -0.126. The molecular formula is C32H36N8O2. The molecule has 1 aliphatic carbocycles. The number of allylic oxidation sites excluding steroid dienone is 1. The lowest BCUT2D eigenvalue weighted by atomic mass is 9.56. The van der Waals surface area contributed by atoms with E-state index >= 15 is 0 Å². The summed E-state index contributed by atoms with van der Waals surface area (Å²) in [5.74, 6) is 1.60. The number of aromatic nitrogens is 3. The van der Waals surface area contributed by atoms with E-state index in [-0.39, 0.29) is 5.41 Å². The number of nitrogens with two attached hydrogens (primary N) is 1. The van der Waals surface area contributed by atoms with E-state index in [4.69, 9.17) is 15.5 Å². The van der Waals surface area contributed by atoms with Gasteiger partial charge >= 0.3 is 0 Å². The van der Waals surface area contributed by atoms with E-state index in [9.17, 15) is 10.4 Å². The molecule has 4 saturated heterocycles. The van der Waals surface area contributed by atoms with Crippen LogP contribution in [0.15, 0.2) is 55.1 Å². The monoisotopic (exact) mass is 564 g/mol. The van der Waals surface area contributed by atoms with E-state index in [1.807, 2.05) is 31.6 Å². The van der Waals surface area contributed by atoms with E-state index in [0.29, 0.717) is 29.2 Å². The minimum atomic E-state index is -0.540. The summed E-state index contributed by atoms with van der Waals surface area (Å²) < 4.78 is 5.19. The number of piperazine rings is 1. The number of methoxy groups -OCH3 is 1. The van der Waals surface area contributed by atoms with Crippen molar-refractivity contribution in [3.05, 3.63) is 66.4 Å². The average Bonchev–Trinajstić information content (AvgIpc) is 2.98. The first kappa shape index (κ1) is 26.7. The summed E-state index contributed by atoms with van der Waals surface area (Å²) in [5.41, 5.74) is 10.3. The first-order valence-electron chi connectivity index (χ1n) is 14.5. The Hall–Kier alpha value is -4.20. The van der Waals surface area contributed by atoms with Crippen LogP contribution in [0.2, 0.25) is 0 Å². The highest BCUT2D eigenvalue weighted by Gasteiger charge is 2.57. The van der Waals surface area contributed by atoms with E-state index in [2.05, 4.69) is 55.0 Å². The van der Waals surface area contributed by atoms with Crippen molar-refractivity contribution in [1.29, 1.82) is 5.26 Å². The van der Waals surface area contributed by atoms with Gasteiger partial charge in [-0.15, -0.1) is 0 Å². The largest absolute Gasteiger partial charge is 0.481 e. The number of anilines is 2. The van der Waals surface area contributed by atoms with Crippen molar-refractivity contribution in [2.45, 2.75) is 50.4 Å². The van der Waals surface area contributed by atoms with Gasteiger partial charge in [-0.1, -0.05) is 6.07 Å². The maximum atomic E-state index is 10.2. The second-order valence-electron chi connectivity index (χ2n) is 12.7. The number of pyridine rings is 3. The van der Waals surface area contributed by atoms with Gasteiger partial charge in [-0.3, -0.25) is 9.88 Å². The van der Waals surface area contributed by atoms with Crippen molar-refractivity contribution in [3.8, 4) is 23.1 Å². The lowest BCUT2D eigenvalue weighted by Crippen LogP contribution is -2.68. The normalized spacial score (nSPS) is 23.9. The Kier molecular flexibility index (Phi) is 6.33. The molecule has 2 bridgehead atoms. The quantitative estimate of drug-likeness (QED) is 0.413. The number of piperidine rings is 1. The Morgan fingerprint density at radius 2 is 1.88 bits per heavy atom. The zero-order valence-electron chi connectivity index (χ0n) is 24.1. The van der Waals surface area contributed by atoms with Crippen LogP contribution in [-0.4, -0.2) is 75.9 Å². The van der Waals surface area contributed by atoms with Crippen molar-refractivity contribution in [2.24, 2.45) is 11.1 Å². The van der Waals surface area contributed by atoms with Gasteiger partial charge in [0.05, 0.1) is 35.9 Å². The zero-order valence-corrected chi connectivity index (χ0v) is 24.1. The molecule has 2 atom stereocenters. The van der Waals surface area contributed by atoms with Crippen LogP contribution < -0.4 is 20.3 Å². The molecule has 4 aliphatic heterocycles. The molecule has 0 amide bonds. The Morgan fingerprint density at radius 1 is 1.10 bits per heavy atom. The summed E-state index contributed by atoms with van der Waals surface area (Å²) in [7, 11) is 1.63. The number of nitrogens with zero attached hydrogens (tertiary/aromatic N) is 7. The molecule has 1 spiro atoms. The molecule has 42 heavy (non-hydrogen) atoms. The van der Waals surface area contributed by atoms with Crippen LogP contribution in [0, 0.1) is 16.7 Å². The van der Waals surface area contributed by atoms with Crippen LogP contribution in [0.5, 0.6) is 5.88 Å². The molecule has 7 heterocycles. The summed E-state index contributed by atoms with van der Waals surface area (Å²) in [4.78, 5) is 21.1. The van der Waals surface area contributed by atoms with Crippen LogP contribution in [0.1, 0.15) is 37.4 Å². The molecule has 0 radical (unpaired) electrons. The van der Waals surface area contributed by atoms with E-state index in [1.54, 1.807) is 7.11 Å². The summed E-state index contributed by atoms with van der Waals surface area (Å²) in [6.45, 7) is 6.49. The van der Waals surface area contributed by atoms with Gasteiger partial charge in [0.25, 0.3) is 0 Å². The van der Waals surface area contributed by atoms with Gasteiger partial charge in [-0.2, -0.15) is 5.26 Å². The molecule has 10 nitrogen and oxygen atoms in total. The minimum Gasteiger partial charge on any atom is -0.481 e. The molecule has 216 valence electrons. The fourth-order valence-corrected chi connectivity index (χ4v) is 7.66. The number of nitriles is 1. The standard InChI is InChI=1S/C32H36N8O2/c1-31(41)17-32(18-31)19-39(20-32)24-8-27(30(37-13-24)23(9-33)10-34)22-4-5-28(35-12-22)38-15-25-7-26(16-38)40(25)14-21-3-6-29(42-2)36-11-21/h3-6,8-9,11-13,25-26,41H,7,14-20,33H2,1-2H3/b23-9-. The molecule has 8 rings (SSSR count). The Balaban J connectivity index is 1.06. The molecule has 3 aromatic heterocycles. The second-order valence-corrected chi connectivity index (χ2v) is 12.7. The SMILES string of the molecule is COc1ccc(CN2C3CC2CN(c2ccc(-c4cc(N5CC6(C5)CC(C)(O)C6)cnc4/C(C#N)=C\N)cn2)C3)cn1. The van der Waals surface area contributed by atoms with Crippen LogP contribution in [0.25, 0.3) is 16.7 Å². The highest BCUT2D eigenvalue weighted by Crippen LogP contribution is 2.54. The van der Waals surface area contributed by atoms with E-state index in [0.717, 1.165) is 68.2 Å². The number of aliphatic hydroxyl groups is 1. The Morgan fingerprint density at radius 3 is 2.48 bits per heavy atom. The minimum absolute atomic E-state index is 0.205. The number of hydrogen-bond donors (Lipinski definition) is 2. The van der Waals surface area contributed by atoms with Gasteiger partial charge < -0.3 is 25.4 Å². The second kappa shape index (κ2) is 9.96. The van der Waals surface area contributed by atoms with Crippen molar-refractivity contribution in [1.82, 2.24) is 19.9 Å². The smallest absolute Gasteiger partial charge is 0.212 e. The summed E-state index contributed by atoms with van der Waals surface area (Å²) in [6.07, 6.45) is 9.80. The Labute approximate surface area is 246 Å². The van der Waals surface area contributed by atoms with Gasteiger partial charge in [-0.25, -0.2) is 9.97 Å². The van der Waals surface area contributed by atoms with Gasteiger partial charge in [0.1, 0.15) is 11.9 Å². The van der Waals surface area contributed by atoms with Crippen molar-refractivity contribution in [3.63, 3.8) is 0 Å². The van der Waals surface area contributed by atoms with Crippen LogP contribution in [0.4, 0.5) is 11.5 Å². The maximum Gasteiger partial charge on any atom is 0.212 e. The molecule has 3 N–H and O–H groups in total. The summed E-state index contributed by atoms with van der Waals surface area (Å²) in [5, 5.41) is 20.0. The fourth-order valence-electron chi connectivity index (χ4n) is 7.66. The van der Waals surface area contributed by atoms with Crippen LogP contribution in [-0.2, 0) is 6.54 Å². The third kappa shape index (κ3) is 4.63. The first-order valence-corrected chi connectivity index (χ1v) is 14.5. The van der Waals surface area contributed by atoms with Gasteiger partial charge in [0, 0.05) is 86.0 Å². The molecule has 1 saturated carbocycles. The Bertz CT molecular complexity index is 1530. The summed E-state index contributed by atoms with van der Waals surface area (Å²) >= 11 is 0. The number of ether oxygens (including phenoxy) is 1. The van der Waals surface area contributed by atoms with Gasteiger partial charge in [0.15, 0.2) is 0 Å². The predicted octanol–water partition coefficient (Wildman–Crippen LogP) is 3.18. The number of hydrogen-bond acceptors (Lipinski definition) is 10. The molecule has 2 unspecified atom stereocenters. The maximum absolute atomic E-state index is 10.2. The summed E-state index contributed by atoms with van der Waals surface area (Å²) in [6, 6.07) is 13.4. The molecule has 10 heteroatoms. The molecule has 0 aromatic carbocycles. The number of fused-ring (bicyclic) bond motifs is 2. The van der Waals surface area contributed by atoms with Crippen molar-refractivity contribution >= 4 is 17.1 Å². The van der Waals surface area contributed by atoms with Crippen molar-refractivity contribution in [2.75, 3.05) is 43.1 Å². The average molecular weight is 565 g/mol. The first-order chi connectivity index (χ1) is 20.3. The number of rotatable bonds is 7. The van der Waals surface area contributed by atoms with Crippen LogP contribution >= 0.6 is 0 Å². The van der Waals surface area contributed by atoms with E-state index < -0.39 is 5.60 Å². The molecule has 5 fully saturated rings. The molecular weight excluding hydrogens is 528 g/mol. The van der Waals surface area contributed by atoms with Crippen LogP contribution in [0.3, 0.4) is 0 Å². The van der Waals surface area contributed by atoms with Crippen molar-refractivity contribution < 1.29 is 9.84 Å². The van der Waals surface area contributed by atoms with Gasteiger partial charge in [0.2, 0.25) is 5.88 Å². The fraction of sp³-hybridized carbons (Fsp3) is 0.438.